The van der Waals surface area contributed by atoms with E-state index in [4.69, 9.17) is 11.6 Å². The zero-order valence-corrected chi connectivity index (χ0v) is 14.7. The van der Waals surface area contributed by atoms with E-state index in [1.165, 1.54) is 18.2 Å². The van der Waals surface area contributed by atoms with E-state index in [-0.39, 0.29) is 17.0 Å². The van der Waals surface area contributed by atoms with Gasteiger partial charge in [-0.25, -0.2) is 9.18 Å². The first-order valence-electron chi connectivity index (χ1n) is 8.22. The van der Waals surface area contributed by atoms with Gasteiger partial charge in [0.2, 0.25) is 5.91 Å². The molecular formula is C18H23ClFNO3. The first-order valence-corrected chi connectivity index (χ1v) is 8.60. The van der Waals surface area contributed by atoms with Crippen molar-refractivity contribution < 1.29 is 19.1 Å². The van der Waals surface area contributed by atoms with Gasteiger partial charge < -0.3 is 10.4 Å². The Bertz CT molecular complexity index is 604. The molecule has 0 aliphatic heterocycles. The van der Waals surface area contributed by atoms with Crippen molar-refractivity contribution in [3.05, 3.63) is 34.6 Å². The van der Waals surface area contributed by atoms with Gasteiger partial charge in [-0.2, -0.15) is 0 Å². The van der Waals surface area contributed by atoms with Gasteiger partial charge in [-0.15, -0.1) is 0 Å². The number of carboxylic acids is 1. The van der Waals surface area contributed by atoms with Crippen LogP contribution >= 0.6 is 11.6 Å². The Labute approximate surface area is 146 Å². The fourth-order valence-corrected chi connectivity index (χ4v) is 3.59. The molecule has 1 aromatic carbocycles. The van der Waals surface area contributed by atoms with E-state index < -0.39 is 23.2 Å². The quantitative estimate of drug-likeness (QED) is 0.844. The molecule has 0 bridgehead atoms. The molecule has 1 aromatic rings. The minimum atomic E-state index is -1.26. The summed E-state index contributed by atoms with van der Waals surface area (Å²) in [6.07, 6.45) is 2.02. The Morgan fingerprint density at radius 1 is 1.38 bits per heavy atom. The third-order valence-corrected chi connectivity index (χ3v) is 5.37. The molecule has 0 radical (unpaired) electrons. The molecule has 1 fully saturated rings. The Hall–Kier alpha value is -1.62. The minimum absolute atomic E-state index is 0.0908. The SMILES string of the molecule is CC(C)C1CCC(NC(=O)Cc2c(F)cccc2Cl)(C(=O)O)CC1. The number of amides is 1. The summed E-state index contributed by atoms with van der Waals surface area (Å²) in [7, 11) is 0. The molecule has 0 saturated heterocycles. The van der Waals surface area contributed by atoms with Crippen LogP contribution in [0, 0.1) is 17.7 Å². The van der Waals surface area contributed by atoms with Gasteiger partial charge in [0.1, 0.15) is 11.4 Å². The molecule has 24 heavy (non-hydrogen) atoms. The van der Waals surface area contributed by atoms with Crippen LogP contribution in [0.1, 0.15) is 45.1 Å². The number of carboxylic acid groups (broad SMARTS) is 1. The third kappa shape index (κ3) is 4.07. The Morgan fingerprint density at radius 3 is 2.50 bits per heavy atom. The zero-order chi connectivity index (χ0) is 17.9. The van der Waals surface area contributed by atoms with Crippen molar-refractivity contribution in [2.75, 3.05) is 0 Å². The van der Waals surface area contributed by atoms with E-state index in [1.54, 1.807) is 0 Å². The van der Waals surface area contributed by atoms with E-state index in [9.17, 15) is 19.1 Å². The van der Waals surface area contributed by atoms with Crippen LogP contribution < -0.4 is 5.32 Å². The molecule has 2 N–H and O–H groups in total. The van der Waals surface area contributed by atoms with Crippen molar-refractivity contribution in [2.24, 2.45) is 11.8 Å². The summed E-state index contributed by atoms with van der Waals surface area (Å²) in [4.78, 5) is 24.1. The van der Waals surface area contributed by atoms with Gasteiger partial charge in [0.15, 0.2) is 0 Å². The highest BCUT2D eigenvalue weighted by Crippen LogP contribution is 2.36. The summed E-state index contributed by atoms with van der Waals surface area (Å²) in [5, 5.41) is 12.4. The molecule has 0 atom stereocenters. The topological polar surface area (TPSA) is 66.4 Å². The summed E-state index contributed by atoms with van der Waals surface area (Å²) in [6, 6.07) is 4.20. The molecule has 6 heteroatoms. The molecule has 1 aliphatic carbocycles. The average Bonchev–Trinajstić information content (AvgIpc) is 2.51. The number of rotatable bonds is 5. The molecule has 132 valence electrons. The van der Waals surface area contributed by atoms with E-state index >= 15 is 0 Å². The molecular weight excluding hydrogens is 333 g/mol. The highest BCUT2D eigenvalue weighted by atomic mass is 35.5. The van der Waals surface area contributed by atoms with E-state index in [2.05, 4.69) is 19.2 Å². The van der Waals surface area contributed by atoms with Crippen LogP contribution in [-0.4, -0.2) is 22.5 Å². The van der Waals surface area contributed by atoms with Crippen molar-refractivity contribution in [3.8, 4) is 0 Å². The number of carbonyl (C=O) groups is 2. The lowest BCUT2D eigenvalue weighted by Gasteiger charge is -2.38. The van der Waals surface area contributed by atoms with Crippen molar-refractivity contribution >= 4 is 23.5 Å². The van der Waals surface area contributed by atoms with Crippen molar-refractivity contribution in [2.45, 2.75) is 51.5 Å². The third-order valence-electron chi connectivity index (χ3n) is 5.01. The van der Waals surface area contributed by atoms with Crippen LogP contribution in [-0.2, 0) is 16.0 Å². The van der Waals surface area contributed by atoms with Crippen molar-refractivity contribution in [1.82, 2.24) is 5.32 Å². The van der Waals surface area contributed by atoms with Crippen LogP contribution in [0.2, 0.25) is 5.02 Å². The van der Waals surface area contributed by atoms with Crippen LogP contribution in [0.4, 0.5) is 4.39 Å². The molecule has 1 saturated carbocycles. The second-order valence-corrected chi connectivity index (χ2v) is 7.30. The summed E-state index contributed by atoms with van der Waals surface area (Å²) < 4.78 is 13.8. The van der Waals surface area contributed by atoms with Gasteiger partial charge in [0.25, 0.3) is 0 Å². The molecule has 0 heterocycles. The zero-order valence-electron chi connectivity index (χ0n) is 13.9. The summed E-state index contributed by atoms with van der Waals surface area (Å²) in [5.74, 6) is -1.16. The lowest BCUT2D eigenvalue weighted by molar-refractivity contribution is -0.149. The average molecular weight is 356 g/mol. The summed E-state index contributed by atoms with van der Waals surface area (Å²) in [6.45, 7) is 4.24. The second-order valence-electron chi connectivity index (χ2n) is 6.89. The first kappa shape index (κ1) is 18.7. The normalized spacial score (nSPS) is 24.0. The number of aliphatic carboxylic acids is 1. The molecule has 0 aromatic heterocycles. The maximum Gasteiger partial charge on any atom is 0.329 e. The number of carbonyl (C=O) groups excluding carboxylic acids is 1. The van der Waals surface area contributed by atoms with Crippen LogP contribution in [0.15, 0.2) is 18.2 Å². The Balaban J connectivity index is 2.09. The minimum Gasteiger partial charge on any atom is -0.480 e. The predicted octanol–water partition coefficient (Wildman–Crippen LogP) is 3.81. The van der Waals surface area contributed by atoms with E-state index in [0.717, 1.165) is 12.8 Å². The monoisotopic (exact) mass is 355 g/mol. The predicted molar refractivity (Wildman–Crippen MR) is 90.4 cm³/mol. The first-order chi connectivity index (χ1) is 11.2. The summed E-state index contributed by atoms with van der Waals surface area (Å²) >= 11 is 5.93. The molecule has 0 spiro atoms. The van der Waals surface area contributed by atoms with Gasteiger partial charge in [-0.3, -0.25) is 4.79 Å². The highest BCUT2D eigenvalue weighted by Gasteiger charge is 2.43. The largest absolute Gasteiger partial charge is 0.480 e. The maximum atomic E-state index is 13.8. The molecule has 2 rings (SSSR count). The highest BCUT2D eigenvalue weighted by molar-refractivity contribution is 6.31. The van der Waals surface area contributed by atoms with Gasteiger partial charge in [-0.05, 0) is 49.7 Å². The van der Waals surface area contributed by atoms with Gasteiger partial charge >= 0.3 is 5.97 Å². The van der Waals surface area contributed by atoms with Gasteiger partial charge in [-0.1, -0.05) is 31.5 Å². The lowest BCUT2D eigenvalue weighted by Crippen LogP contribution is -2.57. The number of nitrogens with one attached hydrogen (secondary N) is 1. The maximum absolute atomic E-state index is 13.8. The summed E-state index contributed by atoms with van der Waals surface area (Å²) in [5.41, 5.74) is -1.17. The standard InChI is InChI=1S/C18H23ClFNO3/c1-11(2)12-6-8-18(9-7-12,17(23)24)21-16(22)10-13-14(19)4-3-5-15(13)20/h3-5,11-12H,6-10H2,1-2H3,(H,21,22)(H,23,24). The van der Waals surface area contributed by atoms with Crippen LogP contribution in [0.25, 0.3) is 0 Å². The fraction of sp³-hybridized carbons (Fsp3) is 0.556. The Morgan fingerprint density at radius 2 is 2.00 bits per heavy atom. The van der Waals surface area contributed by atoms with Crippen molar-refractivity contribution in [1.29, 1.82) is 0 Å². The second kappa shape index (κ2) is 7.51. The number of hydrogen-bond donors (Lipinski definition) is 2. The van der Waals surface area contributed by atoms with Crippen LogP contribution in [0.3, 0.4) is 0 Å². The van der Waals surface area contributed by atoms with Gasteiger partial charge in [0.05, 0.1) is 6.42 Å². The van der Waals surface area contributed by atoms with Gasteiger partial charge in [0, 0.05) is 10.6 Å². The number of benzene rings is 1. The lowest BCUT2D eigenvalue weighted by atomic mass is 9.72. The molecule has 1 amide bonds. The Kier molecular flexibility index (Phi) is 5.86. The van der Waals surface area contributed by atoms with E-state index in [0.29, 0.717) is 24.7 Å². The van der Waals surface area contributed by atoms with Crippen molar-refractivity contribution in [3.63, 3.8) is 0 Å². The number of halogens is 2. The molecule has 4 nitrogen and oxygen atoms in total. The molecule has 1 aliphatic rings. The smallest absolute Gasteiger partial charge is 0.329 e. The number of hydrogen-bond acceptors (Lipinski definition) is 2. The fourth-order valence-electron chi connectivity index (χ4n) is 3.36. The van der Waals surface area contributed by atoms with E-state index in [1.807, 2.05) is 0 Å². The van der Waals surface area contributed by atoms with Crippen LogP contribution in [0.5, 0.6) is 0 Å². The molecule has 0 unspecified atom stereocenters.